The molecule has 1 nitrogen and oxygen atoms in total. The molecule has 0 spiro atoms. The van der Waals surface area contributed by atoms with E-state index in [0.29, 0.717) is 0 Å². The first-order valence-corrected chi connectivity index (χ1v) is 10.8. The number of hydrogen-bond donors (Lipinski definition) is 0. The molecule has 0 aromatic heterocycles. The normalized spacial score (nSPS) is 12.4. The third-order valence-corrected chi connectivity index (χ3v) is 5.44. The highest BCUT2D eigenvalue weighted by Crippen LogP contribution is 2.42. The Kier molecular flexibility index (Phi) is 7.84. The Morgan fingerprint density at radius 2 is 1.21 bits per heavy atom. The Labute approximate surface area is 176 Å². The Morgan fingerprint density at radius 1 is 0.759 bits per heavy atom. The average molecular weight is 385 g/mol. The number of rotatable bonds is 11. The molecule has 3 rings (SSSR count). The predicted molar refractivity (Wildman–Crippen MR) is 123 cm³/mol. The minimum Gasteiger partial charge on any atom is -0.357 e. The van der Waals surface area contributed by atoms with Crippen LogP contribution in [0.5, 0.6) is 0 Å². The molecule has 3 aromatic rings. The van der Waals surface area contributed by atoms with Gasteiger partial charge in [0.05, 0.1) is 6.10 Å². The van der Waals surface area contributed by atoms with Crippen LogP contribution in [0.4, 0.5) is 0 Å². The van der Waals surface area contributed by atoms with Crippen LogP contribution in [-0.4, -0.2) is 6.10 Å². The molecule has 1 unspecified atom stereocenters. The van der Waals surface area contributed by atoms with Crippen LogP contribution in [0.3, 0.4) is 0 Å². The van der Waals surface area contributed by atoms with Crippen molar-refractivity contribution in [3.8, 4) is 0 Å². The van der Waals surface area contributed by atoms with Gasteiger partial charge < -0.3 is 4.74 Å². The fourth-order valence-corrected chi connectivity index (χ4v) is 4.01. The van der Waals surface area contributed by atoms with Gasteiger partial charge >= 0.3 is 0 Å². The van der Waals surface area contributed by atoms with Crippen LogP contribution in [0.25, 0.3) is 0 Å². The lowest BCUT2D eigenvalue weighted by molar-refractivity contribution is -0.0502. The second kappa shape index (κ2) is 10.8. The SMILES string of the molecule is C=CCC(CCCCC)OC(c1ccccc1)(c1ccccc1)c1ccccc1. The first-order valence-electron chi connectivity index (χ1n) is 10.8. The van der Waals surface area contributed by atoms with Gasteiger partial charge in [-0.05, 0) is 29.5 Å². The van der Waals surface area contributed by atoms with Crippen LogP contribution < -0.4 is 0 Å². The third kappa shape index (κ3) is 5.05. The van der Waals surface area contributed by atoms with Crippen LogP contribution in [-0.2, 0) is 10.3 Å². The third-order valence-electron chi connectivity index (χ3n) is 5.44. The van der Waals surface area contributed by atoms with E-state index in [1.165, 1.54) is 19.3 Å². The second-order valence-electron chi connectivity index (χ2n) is 7.54. The van der Waals surface area contributed by atoms with Crippen LogP contribution in [0.2, 0.25) is 0 Å². The van der Waals surface area contributed by atoms with Gasteiger partial charge in [0.15, 0.2) is 0 Å². The summed E-state index contributed by atoms with van der Waals surface area (Å²) < 4.78 is 7.11. The van der Waals surface area contributed by atoms with Gasteiger partial charge in [-0.1, -0.05) is 123 Å². The molecular formula is C28H32O. The number of hydrogen-bond acceptors (Lipinski definition) is 1. The summed E-state index contributed by atoms with van der Waals surface area (Å²) in [5.41, 5.74) is 2.81. The number of benzene rings is 3. The maximum Gasteiger partial charge on any atom is 0.144 e. The Morgan fingerprint density at radius 3 is 1.59 bits per heavy atom. The van der Waals surface area contributed by atoms with Gasteiger partial charge in [-0.2, -0.15) is 0 Å². The van der Waals surface area contributed by atoms with E-state index >= 15 is 0 Å². The summed E-state index contributed by atoms with van der Waals surface area (Å²) in [7, 11) is 0. The average Bonchev–Trinajstić information content (AvgIpc) is 2.79. The molecular weight excluding hydrogens is 352 g/mol. The quantitative estimate of drug-likeness (QED) is 0.189. The fraction of sp³-hybridized carbons (Fsp3) is 0.286. The van der Waals surface area contributed by atoms with Crippen molar-refractivity contribution in [1.29, 1.82) is 0 Å². The highest BCUT2D eigenvalue weighted by Gasteiger charge is 2.39. The number of unbranched alkanes of at least 4 members (excludes halogenated alkanes) is 2. The summed E-state index contributed by atoms with van der Waals surface area (Å²) in [6, 6.07) is 31.8. The summed E-state index contributed by atoms with van der Waals surface area (Å²) in [5, 5.41) is 0. The molecule has 0 aliphatic heterocycles. The molecule has 1 atom stereocenters. The van der Waals surface area contributed by atoms with Gasteiger partial charge in [0, 0.05) is 0 Å². The van der Waals surface area contributed by atoms with E-state index in [-0.39, 0.29) is 6.10 Å². The maximum absolute atomic E-state index is 7.11. The smallest absolute Gasteiger partial charge is 0.144 e. The Balaban J connectivity index is 2.14. The minimum atomic E-state index is -0.649. The summed E-state index contributed by atoms with van der Waals surface area (Å²) >= 11 is 0. The van der Waals surface area contributed by atoms with Crippen LogP contribution in [0, 0.1) is 0 Å². The van der Waals surface area contributed by atoms with Crippen LogP contribution >= 0.6 is 0 Å². The van der Waals surface area contributed by atoms with Gasteiger partial charge in [-0.15, -0.1) is 6.58 Å². The van der Waals surface area contributed by atoms with E-state index in [9.17, 15) is 0 Å². The molecule has 0 N–H and O–H groups in total. The zero-order valence-corrected chi connectivity index (χ0v) is 17.5. The van der Waals surface area contributed by atoms with Gasteiger partial charge in [-0.3, -0.25) is 0 Å². The summed E-state index contributed by atoms with van der Waals surface area (Å²) in [6.45, 7) is 6.24. The van der Waals surface area contributed by atoms with Gasteiger partial charge in [0.25, 0.3) is 0 Å². The molecule has 0 saturated heterocycles. The first-order chi connectivity index (χ1) is 14.3. The van der Waals surface area contributed by atoms with E-state index in [1.807, 2.05) is 6.08 Å². The molecule has 0 saturated carbocycles. The molecule has 29 heavy (non-hydrogen) atoms. The lowest BCUT2D eigenvalue weighted by Crippen LogP contribution is -2.37. The lowest BCUT2D eigenvalue weighted by atomic mass is 9.79. The minimum absolute atomic E-state index is 0.111. The predicted octanol–water partition coefficient (Wildman–Crippen LogP) is 7.52. The lowest BCUT2D eigenvalue weighted by Gasteiger charge is -2.39. The zero-order valence-electron chi connectivity index (χ0n) is 17.5. The zero-order chi connectivity index (χ0) is 20.4. The summed E-state index contributed by atoms with van der Waals surface area (Å²) in [6.07, 6.45) is 7.59. The molecule has 0 aliphatic carbocycles. The fourth-order valence-electron chi connectivity index (χ4n) is 4.01. The molecule has 3 aromatic carbocycles. The standard InChI is InChI=1S/C28H32O/c1-3-5-9-23-27(16-4-2)29-28(24-17-10-6-11-18-24,25-19-12-7-13-20-25)26-21-14-8-15-22-26/h4,6-8,10-15,17-22,27H,2-3,5,9,16,23H2,1H3. The maximum atomic E-state index is 7.11. The molecule has 0 amide bonds. The molecule has 0 aliphatic rings. The van der Waals surface area contributed by atoms with Crippen molar-refractivity contribution < 1.29 is 4.74 Å². The van der Waals surface area contributed by atoms with Crippen molar-refractivity contribution in [2.75, 3.05) is 0 Å². The molecule has 0 radical (unpaired) electrons. The van der Waals surface area contributed by atoms with Crippen molar-refractivity contribution in [2.24, 2.45) is 0 Å². The van der Waals surface area contributed by atoms with Gasteiger partial charge in [-0.25, -0.2) is 0 Å². The van der Waals surface area contributed by atoms with Crippen molar-refractivity contribution in [2.45, 2.75) is 50.7 Å². The van der Waals surface area contributed by atoms with Gasteiger partial charge in [0.2, 0.25) is 0 Å². The van der Waals surface area contributed by atoms with Crippen molar-refractivity contribution in [3.63, 3.8) is 0 Å². The first kappa shape index (κ1) is 21.1. The molecule has 0 bridgehead atoms. The molecule has 1 heteroatoms. The van der Waals surface area contributed by atoms with E-state index in [1.54, 1.807) is 0 Å². The van der Waals surface area contributed by atoms with Crippen LogP contribution in [0.1, 0.15) is 55.7 Å². The topological polar surface area (TPSA) is 9.23 Å². The highest BCUT2D eigenvalue weighted by molar-refractivity contribution is 5.47. The largest absolute Gasteiger partial charge is 0.357 e. The Bertz CT molecular complexity index is 743. The highest BCUT2D eigenvalue weighted by atomic mass is 16.5. The molecule has 0 fully saturated rings. The van der Waals surface area contributed by atoms with E-state index in [2.05, 4.69) is 104 Å². The van der Waals surface area contributed by atoms with E-state index in [0.717, 1.165) is 29.5 Å². The number of ether oxygens (including phenoxy) is 1. The van der Waals surface area contributed by atoms with Crippen molar-refractivity contribution in [1.82, 2.24) is 0 Å². The molecule has 0 heterocycles. The second-order valence-corrected chi connectivity index (χ2v) is 7.54. The Hall–Kier alpha value is -2.64. The van der Waals surface area contributed by atoms with Crippen molar-refractivity contribution >= 4 is 0 Å². The van der Waals surface area contributed by atoms with Crippen LogP contribution in [0.15, 0.2) is 104 Å². The van der Waals surface area contributed by atoms with E-state index in [4.69, 9.17) is 4.74 Å². The summed E-state index contributed by atoms with van der Waals surface area (Å²) in [5.74, 6) is 0. The molecule has 150 valence electrons. The summed E-state index contributed by atoms with van der Waals surface area (Å²) in [4.78, 5) is 0. The van der Waals surface area contributed by atoms with E-state index < -0.39 is 5.60 Å². The monoisotopic (exact) mass is 384 g/mol. The van der Waals surface area contributed by atoms with Crippen molar-refractivity contribution in [3.05, 3.63) is 120 Å². The van der Waals surface area contributed by atoms with Gasteiger partial charge in [0.1, 0.15) is 5.60 Å².